The molecule has 0 N–H and O–H groups in total. The number of carbonyl (C=O) groups is 1. The van der Waals surface area contributed by atoms with Gasteiger partial charge in [-0.1, -0.05) is 6.92 Å². The van der Waals surface area contributed by atoms with Crippen LogP contribution in [0.3, 0.4) is 0 Å². The van der Waals surface area contributed by atoms with Gasteiger partial charge in [-0.25, -0.2) is 0 Å². The average Bonchev–Trinajstić information content (AvgIpc) is 2.93. The Balaban J connectivity index is 1.92. The minimum atomic E-state index is 0.214. The molecule has 0 bridgehead atoms. The van der Waals surface area contributed by atoms with E-state index in [1.54, 1.807) is 12.5 Å². The van der Waals surface area contributed by atoms with Gasteiger partial charge >= 0.3 is 0 Å². The van der Waals surface area contributed by atoms with Crippen molar-refractivity contribution in [1.82, 2.24) is 4.90 Å². The quantitative estimate of drug-likeness (QED) is 0.727. The van der Waals surface area contributed by atoms with Crippen LogP contribution in [-0.4, -0.2) is 23.3 Å². The second kappa shape index (κ2) is 3.74. The van der Waals surface area contributed by atoms with Crippen LogP contribution in [0.4, 0.5) is 0 Å². The van der Waals surface area contributed by atoms with E-state index in [4.69, 9.17) is 4.42 Å². The van der Waals surface area contributed by atoms with Crippen LogP contribution in [0.25, 0.3) is 0 Å². The Hall–Kier alpha value is -1.09. The third-order valence-corrected chi connectivity index (χ3v) is 4.15. The van der Waals surface area contributed by atoms with Gasteiger partial charge in [0.2, 0.25) is 0 Å². The summed E-state index contributed by atoms with van der Waals surface area (Å²) in [6.07, 6.45) is 6.52. The molecule has 0 spiro atoms. The van der Waals surface area contributed by atoms with E-state index in [-0.39, 0.29) is 12.0 Å². The van der Waals surface area contributed by atoms with Crippen LogP contribution in [0.15, 0.2) is 23.0 Å². The topological polar surface area (TPSA) is 33.5 Å². The number of fused-ring (bicyclic) bond motifs is 1. The first kappa shape index (κ1) is 10.1. The fourth-order valence-corrected chi connectivity index (χ4v) is 3.22. The molecule has 0 aliphatic carbocycles. The van der Waals surface area contributed by atoms with Crippen LogP contribution in [-0.2, 0) is 4.79 Å². The molecule has 3 heteroatoms. The SMILES string of the molecule is CC1C(=O)CC(c2ccoc2)N2CCCC12. The van der Waals surface area contributed by atoms with Crippen LogP contribution >= 0.6 is 0 Å². The first-order valence-corrected chi connectivity index (χ1v) is 6.08. The van der Waals surface area contributed by atoms with E-state index < -0.39 is 0 Å². The highest BCUT2D eigenvalue weighted by molar-refractivity contribution is 5.83. The van der Waals surface area contributed by atoms with Crippen LogP contribution in [0.5, 0.6) is 0 Å². The van der Waals surface area contributed by atoms with Gasteiger partial charge < -0.3 is 4.42 Å². The van der Waals surface area contributed by atoms with Crippen molar-refractivity contribution in [2.45, 2.75) is 38.3 Å². The molecule has 1 aromatic rings. The van der Waals surface area contributed by atoms with E-state index in [1.807, 2.05) is 6.07 Å². The van der Waals surface area contributed by atoms with Gasteiger partial charge in [-0.3, -0.25) is 9.69 Å². The van der Waals surface area contributed by atoms with Gasteiger partial charge in [-0.05, 0) is 25.5 Å². The Morgan fingerprint density at radius 1 is 1.50 bits per heavy atom. The molecule has 0 amide bonds. The summed E-state index contributed by atoms with van der Waals surface area (Å²) < 4.78 is 5.14. The zero-order valence-corrected chi connectivity index (χ0v) is 9.56. The van der Waals surface area contributed by atoms with E-state index in [0.717, 1.165) is 12.1 Å². The van der Waals surface area contributed by atoms with Gasteiger partial charge in [-0.2, -0.15) is 0 Å². The van der Waals surface area contributed by atoms with E-state index in [0.29, 0.717) is 18.2 Å². The van der Waals surface area contributed by atoms with Gasteiger partial charge in [-0.15, -0.1) is 0 Å². The second-order valence-corrected chi connectivity index (χ2v) is 4.98. The molecule has 0 saturated carbocycles. The summed E-state index contributed by atoms with van der Waals surface area (Å²) in [6, 6.07) is 2.71. The van der Waals surface area contributed by atoms with Crippen molar-refractivity contribution < 1.29 is 9.21 Å². The lowest BCUT2D eigenvalue weighted by Gasteiger charge is -2.40. The van der Waals surface area contributed by atoms with Crippen molar-refractivity contribution in [1.29, 1.82) is 0 Å². The number of Topliss-reactive ketones (excluding diaryl/α,β-unsaturated/α-hetero) is 1. The van der Waals surface area contributed by atoms with Crippen LogP contribution in [0.1, 0.15) is 37.8 Å². The van der Waals surface area contributed by atoms with Crippen molar-refractivity contribution in [3.63, 3.8) is 0 Å². The summed E-state index contributed by atoms with van der Waals surface area (Å²) in [6.45, 7) is 3.20. The molecule has 2 fully saturated rings. The standard InChI is InChI=1S/C13H17NO2/c1-9-11-3-2-5-14(11)12(7-13(9)15)10-4-6-16-8-10/h4,6,8-9,11-12H,2-3,5,7H2,1H3. The van der Waals surface area contributed by atoms with Gasteiger partial charge in [0, 0.05) is 30.0 Å². The molecule has 86 valence electrons. The molecule has 3 atom stereocenters. The maximum atomic E-state index is 12.0. The molecule has 3 heterocycles. The lowest BCUT2D eigenvalue weighted by atomic mass is 9.84. The molecule has 0 aromatic carbocycles. The first-order valence-electron chi connectivity index (χ1n) is 6.08. The van der Waals surface area contributed by atoms with Crippen molar-refractivity contribution in [2.75, 3.05) is 6.54 Å². The lowest BCUT2D eigenvalue weighted by molar-refractivity contribution is -0.129. The van der Waals surface area contributed by atoms with E-state index >= 15 is 0 Å². The molecular formula is C13H17NO2. The predicted molar refractivity (Wildman–Crippen MR) is 60.0 cm³/mol. The Bertz CT molecular complexity index is 385. The summed E-state index contributed by atoms with van der Waals surface area (Å²) in [5, 5.41) is 0. The normalized spacial score (nSPS) is 35.3. The molecule has 2 saturated heterocycles. The fraction of sp³-hybridized carbons (Fsp3) is 0.615. The summed E-state index contributed by atoms with van der Waals surface area (Å²) in [5.41, 5.74) is 1.16. The molecular weight excluding hydrogens is 202 g/mol. The molecule has 2 aliphatic heterocycles. The van der Waals surface area contributed by atoms with Crippen molar-refractivity contribution in [2.24, 2.45) is 5.92 Å². The van der Waals surface area contributed by atoms with Crippen molar-refractivity contribution in [3.05, 3.63) is 24.2 Å². The number of piperidine rings is 1. The molecule has 16 heavy (non-hydrogen) atoms. The van der Waals surface area contributed by atoms with Crippen molar-refractivity contribution >= 4 is 5.78 Å². The number of nitrogens with zero attached hydrogens (tertiary/aromatic N) is 1. The monoisotopic (exact) mass is 219 g/mol. The van der Waals surface area contributed by atoms with Gasteiger partial charge in [0.1, 0.15) is 5.78 Å². The summed E-state index contributed by atoms with van der Waals surface area (Å²) >= 11 is 0. The maximum Gasteiger partial charge on any atom is 0.139 e. The van der Waals surface area contributed by atoms with E-state index in [2.05, 4.69) is 11.8 Å². The number of rotatable bonds is 1. The second-order valence-electron chi connectivity index (χ2n) is 4.98. The Morgan fingerprint density at radius 3 is 3.12 bits per heavy atom. The number of furan rings is 1. The third-order valence-electron chi connectivity index (χ3n) is 4.15. The number of hydrogen-bond acceptors (Lipinski definition) is 3. The molecule has 2 aliphatic rings. The fourth-order valence-electron chi connectivity index (χ4n) is 3.22. The molecule has 1 aromatic heterocycles. The number of ketones is 1. The summed E-state index contributed by atoms with van der Waals surface area (Å²) in [5.74, 6) is 0.625. The highest BCUT2D eigenvalue weighted by Gasteiger charge is 2.42. The van der Waals surface area contributed by atoms with Gasteiger partial charge in [0.05, 0.1) is 12.5 Å². The Kier molecular flexibility index (Phi) is 2.36. The maximum absolute atomic E-state index is 12.0. The summed E-state index contributed by atoms with van der Waals surface area (Å²) in [4.78, 5) is 14.5. The van der Waals surface area contributed by atoms with Crippen LogP contribution < -0.4 is 0 Å². The van der Waals surface area contributed by atoms with Crippen LogP contribution in [0, 0.1) is 5.92 Å². The number of hydrogen-bond donors (Lipinski definition) is 0. The molecule has 3 nitrogen and oxygen atoms in total. The van der Waals surface area contributed by atoms with Crippen molar-refractivity contribution in [3.8, 4) is 0 Å². The molecule has 3 rings (SSSR count). The Morgan fingerprint density at radius 2 is 2.38 bits per heavy atom. The minimum absolute atomic E-state index is 0.214. The first-order chi connectivity index (χ1) is 7.77. The highest BCUT2D eigenvalue weighted by atomic mass is 16.3. The van der Waals surface area contributed by atoms with Crippen LogP contribution in [0.2, 0.25) is 0 Å². The molecule has 0 radical (unpaired) electrons. The molecule has 3 unspecified atom stereocenters. The highest BCUT2D eigenvalue weighted by Crippen LogP contribution is 2.40. The summed E-state index contributed by atoms with van der Waals surface area (Å²) in [7, 11) is 0. The van der Waals surface area contributed by atoms with Gasteiger partial charge in [0.15, 0.2) is 0 Å². The minimum Gasteiger partial charge on any atom is -0.472 e. The smallest absolute Gasteiger partial charge is 0.139 e. The Labute approximate surface area is 95.4 Å². The van der Waals surface area contributed by atoms with E-state index in [9.17, 15) is 4.79 Å². The number of carbonyl (C=O) groups excluding carboxylic acids is 1. The largest absolute Gasteiger partial charge is 0.472 e. The lowest BCUT2D eigenvalue weighted by Crippen LogP contribution is -2.46. The van der Waals surface area contributed by atoms with Gasteiger partial charge in [0.25, 0.3) is 0 Å². The van der Waals surface area contributed by atoms with E-state index in [1.165, 1.54) is 12.8 Å². The predicted octanol–water partition coefficient (Wildman–Crippen LogP) is 2.39. The average molecular weight is 219 g/mol. The zero-order chi connectivity index (χ0) is 11.1. The third kappa shape index (κ3) is 1.42. The zero-order valence-electron chi connectivity index (χ0n) is 9.56.